The molecule has 1 atom stereocenters. The molecule has 1 aromatic rings. The third kappa shape index (κ3) is 3.54. The zero-order valence-corrected chi connectivity index (χ0v) is 16.0. The predicted octanol–water partition coefficient (Wildman–Crippen LogP) is 3.42. The smallest absolute Gasteiger partial charge is 0.290 e. The summed E-state index contributed by atoms with van der Waals surface area (Å²) in [5, 5.41) is 10.4. The Kier molecular flexibility index (Phi) is 6.29. The zero-order chi connectivity index (χ0) is 19.4. The molecule has 0 radical (unpaired) electrons. The maximum Gasteiger partial charge on any atom is 0.290 e. The van der Waals surface area contributed by atoms with Crippen LogP contribution in [0.25, 0.3) is 0 Å². The second kappa shape index (κ2) is 8.25. The summed E-state index contributed by atoms with van der Waals surface area (Å²) in [6.45, 7) is 8.23. The molecule has 1 aliphatic rings. The van der Waals surface area contributed by atoms with Crippen molar-refractivity contribution in [3.8, 4) is 11.5 Å². The van der Waals surface area contributed by atoms with Crippen LogP contribution in [-0.4, -0.2) is 42.0 Å². The van der Waals surface area contributed by atoms with Gasteiger partial charge in [0.05, 0.1) is 25.3 Å². The van der Waals surface area contributed by atoms with Gasteiger partial charge in [0.1, 0.15) is 0 Å². The molecule has 0 aromatic heterocycles. The summed E-state index contributed by atoms with van der Waals surface area (Å²) < 4.78 is 10.9. The number of nitrogens with zero attached hydrogens (tertiary/aromatic N) is 1. The summed E-state index contributed by atoms with van der Waals surface area (Å²) in [4.78, 5) is 26.8. The summed E-state index contributed by atoms with van der Waals surface area (Å²) in [5.74, 6) is -0.390. The number of aliphatic hydroxyl groups excluding tert-OH is 1. The molecule has 2 rings (SSSR count). The average Bonchev–Trinajstić information content (AvgIpc) is 2.86. The van der Waals surface area contributed by atoms with Gasteiger partial charge in [0, 0.05) is 12.5 Å². The van der Waals surface area contributed by atoms with Crippen LogP contribution in [0.15, 0.2) is 29.5 Å². The molecule has 0 saturated heterocycles. The molecule has 1 aromatic carbocycles. The first-order valence-electron chi connectivity index (χ1n) is 8.96. The SMILES string of the molecule is CCCN1C(=O)C(O)=C(C(=O)C(C)C)C1c1ccc(OC)c(OCC)c1. The highest BCUT2D eigenvalue weighted by Gasteiger charge is 2.43. The molecule has 0 spiro atoms. The Balaban J connectivity index is 2.59. The molecule has 0 aliphatic carbocycles. The van der Waals surface area contributed by atoms with Crippen LogP contribution in [0.2, 0.25) is 0 Å². The Hall–Kier alpha value is -2.50. The van der Waals surface area contributed by atoms with Crippen LogP contribution in [0.1, 0.15) is 45.7 Å². The first-order valence-corrected chi connectivity index (χ1v) is 8.96. The third-order valence-corrected chi connectivity index (χ3v) is 4.36. The number of benzene rings is 1. The molecular formula is C20H27NO5. The monoisotopic (exact) mass is 361 g/mol. The van der Waals surface area contributed by atoms with E-state index in [0.29, 0.717) is 36.6 Å². The highest BCUT2D eigenvalue weighted by atomic mass is 16.5. The van der Waals surface area contributed by atoms with E-state index in [0.717, 1.165) is 0 Å². The highest BCUT2D eigenvalue weighted by Crippen LogP contribution is 2.41. The van der Waals surface area contributed by atoms with Crippen molar-refractivity contribution < 1.29 is 24.2 Å². The Labute approximate surface area is 154 Å². The van der Waals surface area contributed by atoms with E-state index in [9.17, 15) is 14.7 Å². The Morgan fingerprint density at radius 2 is 1.96 bits per heavy atom. The van der Waals surface area contributed by atoms with Gasteiger partial charge in [-0.25, -0.2) is 0 Å². The number of hydrogen-bond acceptors (Lipinski definition) is 5. The van der Waals surface area contributed by atoms with E-state index in [-0.39, 0.29) is 17.3 Å². The number of aliphatic hydroxyl groups is 1. The zero-order valence-electron chi connectivity index (χ0n) is 16.0. The highest BCUT2D eigenvalue weighted by molar-refractivity contribution is 6.09. The number of Topliss-reactive ketones (excluding diaryl/α,β-unsaturated/α-hetero) is 1. The van der Waals surface area contributed by atoms with Gasteiger partial charge >= 0.3 is 0 Å². The molecule has 6 nitrogen and oxygen atoms in total. The van der Waals surface area contributed by atoms with Crippen LogP contribution < -0.4 is 9.47 Å². The Morgan fingerprint density at radius 1 is 1.27 bits per heavy atom. The van der Waals surface area contributed by atoms with Gasteiger partial charge in [-0.1, -0.05) is 26.8 Å². The number of hydrogen-bond donors (Lipinski definition) is 1. The fourth-order valence-corrected chi connectivity index (χ4v) is 3.17. The molecule has 1 N–H and O–H groups in total. The fourth-order valence-electron chi connectivity index (χ4n) is 3.17. The maximum absolute atomic E-state index is 12.7. The number of ether oxygens (including phenoxy) is 2. The third-order valence-electron chi connectivity index (χ3n) is 4.36. The summed E-state index contributed by atoms with van der Waals surface area (Å²) >= 11 is 0. The quantitative estimate of drug-likeness (QED) is 0.768. The van der Waals surface area contributed by atoms with Gasteiger partial charge in [-0.3, -0.25) is 9.59 Å². The van der Waals surface area contributed by atoms with Crippen LogP contribution in [0.3, 0.4) is 0 Å². The number of carbonyl (C=O) groups excluding carboxylic acids is 2. The van der Waals surface area contributed by atoms with Crippen LogP contribution in [-0.2, 0) is 9.59 Å². The average molecular weight is 361 g/mol. The number of amides is 1. The minimum Gasteiger partial charge on any atom is -0.503 e. The molecule has 1 aliphatic heterocycles. The second-order valence-corrected chi connectivity index (χ2v) is 6.53. The minimum absolute atomic E-state index is 0.158. The standard InChI is InChI=1S/C20H27NO5/c1-6-10-21-17(16(18(22)12(3)4)19(23)20(21)24)13-8-9-14(25-5)15(11-13)26-7-2/h8-9,11-12,17,23H,6-7,10H2,1-5H3. The van der Waals surface area contributed by atoms with Gasteiger partial charge in [0.25, 0.3) is 5.91 Å². The first-order chi connectivity index (χ1) is 12.4. The van der Waals surface area contributed by atoms with E-state index in [1.807, 2.05) is 13.8 Å². The van der Waals surface area contributed by atoms with E-state index in [4.69, 9.17) is 9.47 Å². The number of carbonyl (C=O) groups is 2. The van der Waals surface area contributed by atoms with E-state index < -0.39 is 17.7 Å². The molecule has 0 fully saturated rings. The second-order valence-electron chi connectivity index (χ2n) is 6.53. The molecule has 0 bridgehead atoms. The van der Waals surface area contributed by atoms with Crippen molar-refractivity contribution in [3.63, 3.8) is 0 Å². The van der Waals surface area contributed by atoms with Gasteiger partial charge in [-0.15, -0.1) is 0 Å². The molecular weight excluding hydrogens is 334 g/mol. The van der Waals surface area contributed by atoms with Gasteiger partial charge in [-0.05, 0) is 31.0 Å². The van der Waals surface area contributed by atoms with Crippen LogP contribution in [0.4, 0.5) is 0 Å². The maximum atomic E-state index is 12.7. The lowest BCUT2D eigenvalue weighted by Crippen LogP contribution is -2.32. The van der Waals surface area contributed by atoms with E-state index in [1.54, 1.807) is 44.1 Å². The molecule has 26 heavy (non-hydrogen) atoms. The van der Waals surface area contributed by atoms with Crippen molar-refractivity contribution in [1.29, 1.82) is 0 Å². The molecule has 1 heterocycles. The summed E-state index contributed by atoms with van der Waals surface area (Å²) in [5.41, 5.74) is 0.871. The van der Waals surface area contributed by atoms with Crippen molar-refractivity contribution in [2.24, 2.45) is 5.92 Å². The Bertz CT molecular complexity index is 723. The largest absolute Gasteiger partial charge is 0.503 e. The fraction of sp³-hybridized carbons (Fsp3) is 0.500. The molecule has 6 heteroatoms. The molecule has 142 valence electrons. The van der Waals surface area contributed by atoms with E-state index >= 15 is 0 Å². The van der Waals surface area contributed by atoms with Crippen LogP contribution in [0.5, 0.6) is 11.5 Å². The van der Waals surface area contributed by atoms with Gasteiger partial charge < -0.3 is 19.5 Å². The van der Waals surface area contributed by atoms with Crippen LogP contribution >= 0.6 is 0 Å². The van der Waals surface area contributed by atoms with E-state index in [1.165, 1.54) is 0 Å². The summed E-state index contributed by atoms with van der Waals surface area (Å²) in [6, 6.07) is 4.70. The molecule has 1 amide bonds. The normalized spacial score (nSPS) is 17.2. The topological polar surface area (TPSA) is 76.1 Å². The van der Waals surface area contributed by atoms with Crippen molar-refractivity contribution in [2.75, 3.05) is 20.3 Å². The van der Waals surface area contributed by atoms with Crippen LogP contribution in [0, 0.1) is 5.92 Å². The Morgan fingerprint density at radius 3 is 2.50 bits per heavy atom. The summed E-state index contributed by atoms with van der Waals surface area (Å²) in [6.07, 6.45) is 0.715. The van der Waals surface area contributed by atoms with Crippen molar-refractivity contribution in [2.45, 2.75) is 40.2 Å². The lowest BCUT2D eigenvalue weighted by Gasteiger charge is -2.27. The predicted molar refractivity (Wildman–Crippen MR) is 98.4 cm³/mol. The first kappa shape index (κ1) is 19.8. The van der Waals surface area contributed by atoms with Gasteiger partial charge in [-0.2, -0.15) is 0 Å². The number of rotatable bonds is 8. The minimum atomic E-state index is -0.623. The van der Waals surface area contributed by atoms with Crippen molar-refractivity contribution in [3.05, 3.63) is 35.1 Å². The lowest BCUT2D eigenvalue weighted by atomic mass is 9.91. The van der Waals surface area contributed by atoms with Gasteiger partial charge in [0.2, 0.25) is 0 Å². The number of ketones is 1. The van der Waals surface area contributed by atoms with E-state index in [2.05, 4.69) is 0 Å². The molecule has 0 saturated carbocycles. The lowest BCUT2D eigenvalue weighted by molar-refractivity contribution is -0.129. The van der Waals surface area contributed by atoms with Gasteiger partial charge in [0.15, 0.2) is 23.0 Å². The summed E-state index contributed by atoms with van der Waals surface area (Å²) in [7, 11) is 1.56. The van der Waals surface area contributed by atoms with Crippen molar-refractivity contribution in [1.82, 2.24) is 4.90 Å². The molecule has 1 unspecified atom stereocenters. The number of methoxy groups -OCH3 is 1. The van der Waals surface area contributed by atoms with Crippen molar-refractivity contribution >= 4 is 11.7 Å².